The molecule has 1 fully saturated rings. The number of hydrogen-bond acceptors (Lipinski definition) is 2. The van der Waals surface area contributed by atoms with Crippen molar-refractivity contribution in [3.63, 3.8) is 0 Å². The molecule has 0 aliphatic heterocycles. The topological polar surface area (TPSA) is 47.2 Å². The molecule has 0 unspecified atom stereocenters. The molecular formula is C29H34N2O2. The van der Waals surface area contributed by atoms with E-state index < -0.39 is 0 Å². The van der Waals surface area contributed by atoms with Crippen molar-refractivity contribution < 1.29 is 5.11 Å². The van der Waals surface area contributed by atoms with Gasteiger partial charge in [0.1, 0.15) is 0 Å². The third kappa shape index (κ3) is 3.38. The predicted octanol–water partition coefficient (Wildman–Crippen LogP) is 5.45. The van der Waals surface area contributed by atoms with E-state index in [1.807, 2.05) is 0 Å². The summed E-state index contributed by atoms with van der Waals surface area (Å²) in [6.45, 7) is 11.9. The van der Waals surface area contributed by atoms with Crippen molar-refractivity contribution in [1.29, 1.82) is 0 Å². The van der Waals surface area contributed by atoms with Gasteiger partial charge < -0.3 is 5.11 Å². The first-order valence-corrected chi connectivity index (χ1v) is 11.9. The Balaban J connectivity index is 1.51. The maximum absolute atomic E-state index is 12.2. The zero-order chi connectivity index (χ0) is 23.8. The Morgan fingerprint density at radius 2 is 1.48 bits per heavy atom. The molecule has 1 N–H and O–H groups in total. The van der Waals surface area contributed by atoms with E-state index in [9.17, 15) is 9.90 Å². The molecule has 3 aromatic rings. The molecule has 1 aromatic heterocycles. The summed E-state index contributed by atoms with van der Waals surface area (Å²) in [6.07, 6.45) is 8.49. The van der Waals surface area contributed by atoms with Gasteiger partial charge in [0.15, 0.2) is 0 Å². The fourth-order valence-corrected chi connectivity index (χ4v) is 5.57. The number of rotatable bonds is 4. The highest BCUT2D eigenvalue weighted by atomic mass is 16.3. The second kappa shape index (κ2) is 6.99. The van der Waals surface area contributed by atoms with E-state index in [1.165, 1.54) is 43.1 Å². The lowest BCUT2D eigenvalue weighted by molar-refractivity contribution is 0.421. The predicted molar refractivity (Wildman–Crippen MR) is 133 cm³/mol. The second-order valence-corrected chi connectivity index (χ2v) is 11.2. The fourth-order valence-electron chi connectivity index (χ4n) is 5.57. The minimum absolute atomic E-state index is 0.00508. The molecule has 2 aromatic carbocycles. The van der Waals surface area contributed by atoms with Crippen LogP contribution >= 0.6 is 0 Å². The van der Waals surface area contributed by atoms with Crippen molar-refractivity contribution >= 4 is 0 Å². The van der Waals surface area contributed by atoms with E-state index in [-0.39, 0.29) is 27.8 Å². The lowest BCUT2D eigenvalue weighted by Crippen LogP contribution is -2.30. The Morgan fingerprint density at radius 1 is 0.909 bits per heavy atom. The fraction of sp³-hybridized carbons (Fsp3) is 0.414. The average Bonchev–Trinajstić information content (AvgIpc) is 3.52. The van der Waals surface area contributed by atoms with Crippen LogP contribution in [0.3, 0.4) is 0 Å². The van der Waals surface area contributed by atoms with Gasteiger partial charge in [-0.25, -0.2) is 4.79 Å². The van der Waals surface area contributed by atoms with E-state index in [1.54, 1.807) is 7.05 Å². The molecule has 4 nitrogen and oxygen atoms in total. The smallest absolute Gasteiger partial charge is 0.331 e. The van der Waals surface area contributed by atoms with Crippen LogP contribution in [-0.4, -0.2) is 14.2 Å². The van der Waals surface area contributed by atoms with Gasteiger partial charge in [-0.2, -0.15) is 0 Å². The number of hydrogen-bond donors (Lipinski definition) is 1. The van der Waals surface area contributed by atoms with Crippen molar-refractivity contribution in [3.05, 3.63) is 98.6 Å². The van der Waals surface area contributed by atoms with Crippen LogP contribution in [0.4, 0.5) is 0 Å². The number of fused-ring (bicyclic) bond motifs is 1. The highest BCUT2D eigenvalue weighted by Crippen LogP contribution is 2.56. The Kier molecular flexibility index (Phi) is 4.62. The van der Waals surface area contributed by atoms with Gasteiger partial charge in [-0.15, -0.1) is 0 Å². The normalized spacial score (nSPS) is 19.3. The number of benzene rings is 2. The quantitative estimate of drug-likeness (QED) is 0.546. The Bertz CT molecular complexity index is 1330. The standard InChI is InChI=1S/C29H34N2O2/c1-19-15-23-24(28(4,5)12-11-27(23,2)3)16-22(19)29(13-14-29)21-9-7-20(8-10-21)17-31-25(32)18-30(6)26(31)33/h7-12,15-16,18,32H,13-14,17H2,1-6H3. The lowest BCUT2D eigenvalue weighted by Gasteiger charge is -2.38. The van der Waals surface area contributed by atoms with Crippen LogP contribution in [-0.2, 0) is 29.8 Å². The SMILES string of the molecule is Cc1cc2c(cc1C1(c3ccc(Cn4c(O)cn(C)c4=O)cc3)CC1)C(C)(C)C=CC2(C)C. The third-order valence-electron chi connectivity index (χ3n) is 7.90. The van der Waals surface area contributed by atoms with Crippen LogP contribution in [0.5, 0.6) is 5.88 Å². The van der Waals surface area contributed by atoms with Crippen LogP contribution in [0.25, 0.3) is 0 Å². The lowest BCUT2D eigenvalue weighted by atomic mass is 9.66. The summed E-state index contributed by atoms with van der Waals surface area (Å²) >= 11 is 0. The zero-order valence-corrected chi connectivity index (χ0v) is 20.6. The average molecular weight is 443 g/mol. The molecule has 2 aliphatic rings. The Morgan fingerprint density at radius 3 is 2.00 bits per heavy atom. The first-order valence-electron chi connectivity index (χ1n) is 11.9. The van der Waals surface area contributed by atoms with E-state index in [2.05, 4.69) is 83.2 Å². The van der Waals surface area contributed by atoms with E-state index in [4.69, 9.17) is 0 Å². The molecule has 33 heavy (non-hydrogen) atoms. The largest absolute Gasteiger partial charge is 0.493 e. The summed E-state index contributed by atoms with van der Waals surface area (Å²) in [6, 6.07) is 13.5. The van der Waals surface area contributed by atoms with Crippen molar-refractivity contribution in [2.24, 2.45) is 7.05 Å². The van der Waals surface area contributed by atoms with Crippen molar-refractivity contribution in [2.45, 2.75) is 70.3 Å². The van der Waals surface area contributed by atoms with Gasteiger partial charge in [-0.05, 0) is 53.1 Å². The third-order valence-corrected chi connectivity index (χ3v) is 7.90. The van der Waals surface area contributed by atoms with Gasteiger partial charge in [0, 0.05) is 23.3 Å². The first-order chi connectivity index (χ1) is 15.4. The number of nitrogens with zero attached hydrogens (tertiary/aromatic N) is 2. The van der Waals surface area contributed by atoms with Crippen LogP contribution < -0.4 is 5.69 Å². The molecule has 0 saturated heterocycles. The summed E-state index contributed by atoms with van der Waals surface area (Å²) in [7, 11) is 1.65. The Labute approximate surface area is 196 Å². The van der Waals surface area contributed by atoms with Crippen LogP contribution in [0.2, 0.25) is 0 Å². The number of imidazole rings is 1. The highest BCUT2D eigenvalue weighted by molar-refractivity contribution is 5.57. The summed E-state index contributed by atoms with van der Waals surface area (Å²) in [4.78, 5) is 12.2. The molecule has 4 heteroatoms. The minimum Gasteiger partial charge on any atom is -0.493 e. The van der Waals surface area contributed by atoms with Crippen LogP contribution in [0.15, 0.2) is 59.5 Å². The summed E-state index contributed by atoms with van der Waals surface area (Å²) < 4.78 is 2.80. The number of aryl methyl sites for hydroxylation is 2. The van der Waals surface area contributed by atoms with E-state index >= 15 is 0 Å². The zero-order valence-electron chi connectivity index (χ0n) is 20.6. The molecule has 0 atom stereocenters. The summed E-state index contributed by atoms with van der Waals surface area (Å²) in [5.41, 5.74) is 7.99. The summed E-state index contributed by atoms with van der Waals surface area (Å²) in [5.74, 6) is -0.00508. The van der Waals surface area contributed by atoms with Gasteiger partial charge in [-0.3, -0.25) is 9.13 Å². The number of aromatic hydroxyl groups is 1. The molecule has 1 heterocycles. The molecule has 0 radical (unpaired) electrons. The molecule has 2 aliphatic carbocycles. The first kappa shape index (κ1) is 21.8. The van der Waals surface area contributed by atoms with Gasteiger partial charge in [0.05, 0.1) is 12.7 Å². The minimum atomic E-state index is -0.209. The van der Waals surface area contributed by atoms with E-state index in [0.717, 1.165) is 18.4 Å². The van der Waals surface area contributed by atoms with Crippen molar-refractivity contribution in [3.8, 4) is 5.88 Å². The van der Waals surface area contributed by atoms with Crippen molar-refractivity contribution in [1.82, 2.24) is 9.13 Å². The number of aromatic nitrogens is 2. The molecule has 0 bridgehead atoms. The van der Waals surface area contributed by atoms with Crippen LogP contribution in [0.1, 0.15) is 73.9 Å². The van der Waals surface area contributed by atoms with Gasteiger partial charge >= 0.3 is 5.69 Å². The molecule has 0 spiro atoms. The molecule has 5 rings (SSSR count). The Hall–Kier alpha value is -3.01. The maximum atomic E-state index is 12.2. The second-order valence-electron chi connectivity index (χ2n) is 11.2. The highest BCUT2D eigenvalue weighted by Gasteiger charge is 2.47. The molecule has 0 amide bonds. The van der Waals surface area contributed by atoms with Gasteiger partial charge in [-0.1, -0.05) is 76.2 Å². The van der Waals surface area contributed by atoms with Gasteiger partial charge in [0.2, 0.25) is 5.88 Å². The van der Waals surface area contributed by atoms with Crippen LogP contribution in [0, 0.1) is 6.92 Å². The van der Waals surface area contributed by atoms with Crippen molar-refractivity contribution in [2.75, 3.05) is 0 Å². The van der Waals surface area contributed by atoms with Gasteiger partial charge in [0.25, 0.3) is 0 Å². The monoisotopic (exact) mass is 442 g/mol. The summed E-state index contributed by atoms with van der Waals surface area (Å²) in [5, 5.41) is 10.1. The molecule has 1 saturated carbocycles. The number of allylic oxidation sites excluding steroid dienone is 2. The van der Waals surface area contributed by atoms with E-state index in [0.29, 0.717) is 6.54 Å². The molecular weight excluding hydrogens is 408 g/mol. The molecule has 172 valence electrons. The maximum Gasteiger partial charge on any atom is 0.331 e.